The van der Waals surface area contributed by atoms with E-state index in [1.165, 1.54) is 11.1 Å². The minimum atomic E-state index is 0.125. The third-order valence-electron chi connectivity index (χ3n) is 3.21. The fraction of sp³-hybridized carbons (Fsp3) is 0.471. The van der Waals surface area contributed by atoms with Crippen LogP contribution in [0.25, 0.3) is 0 Å². The standard InChI is InChI=1S/C17H25N3S/c1-13-8-15(10-18-17(2,3)4)9-16(19-13)20(5)11-14-6-7-21-12-14/h6-9,12,18H,10-11H2,1-5H3. The Morgan fingerprint density at radius 1 is 1.24 bits per heavy atom. The molecule has 2 rings (SSSR count). The largest absolute Gasteiger partial charge is 0.355 e. The summed E-state index contributed by atoms with van der Waals surface area (Å²) in [6.45, 7) is 10.4. The Morgan fingerprint density at radius 3 is 2.62 bits per heavy atom. The van der Waals surface area contributed by atoms with Crippen molar-refractivity contribution in [3.05, 3.63) is 45.8 Å². The first-order valence-corrected chi connectivity index (χ1v) is 8.22. The third kappa shape index (κ3) is 5.14. The maximum absolute atomic E-state index is 4.66. The minimum absolute atomic E-state index is 0.125. The van der Waals surface area contributed by atoms with Crippen LogP contribution in [-0.4, -0.2) is 17.6 Å². The molecule has 0 unspecified atom stereocenters. The predicted octanol–water partition coefficient (Wildman–Crippen LogP) is 3.98. The fourth-order valence-electron chi connectivity index (χ4n) is 2.12. The van der Waals surface area contributed by atoms with Gasteiger partial charge in [0, 0.05) is 31.4 Å². The summed E-state index contributed by atoms with van der Waals surface area (Å²) >= 11 is 1.74. The maximum Gasteiger partial charge on any atom is 0.129 e. The highest BCUT2D eigenvalue weighted by Gasteiger charge is 2.11. The van der Waals surface area contributed by atoms with Gasteiger partial charge in [-0.1, -0.05) is 0 Å². The fourth-order valence-corrected chi connectivity index (χ4v) is 2.78. The lowest BCUT2D eigenvalue weighted by Crippen LogP contribution is -2.35. The van der Waals surface area contributed by atoms with Crippen molar-refractivity contribution in [3.63, 3.8) is 0 Å². The van der Waals surface area contributed by atoms with E-state index in [9.17, 15) is 0 Å². The highest BCUT2D eigenvalue weighted by atomic mass is 32.1. The summed E-state index contributed by atoms with van der Waals surface area (Å²) in [4.78, 5) is 6.86. The van der Waals surface area contributed by atoms with Gasteiger partial charge in [-0.3, -0.25) is 0 Å². The van der Waals surface area contributed by atoms with E-state index in [1.54, 1.807) is 11.3 Å². The average molecular weight is 303 g/mol. The van der Waals surface area contributed by atoms with Gasteiger partial charge in [0.1, 0.15) is 5.82 Å². The molecule has 2 aromatic rings. The topological polar surface area (TPSA) is 28.2 Å². The molecular formula is C17H25N3S. The molecule has 0 spiro atoms. The van der Waals surface area contributed by atoms with E-state index in [0.29, 0.717) is 0 Å². The van der Waals surface area contributed by atoms with Crippen molar-refractivity contribution >= 4 is 17.2 Å². The molecule has 4 heteroatoms. The van der Waals surface area contributed by atoms with Gasteiger partial charge in [0.05, 0.1) is 0 Å². The summed E-state index contributed by atoms with van der Waals surface area (Å²) in [6.07, 6.45) is 0. The zero-order valence-electron chi connectivity index (χ0n) is 13.6. The SMILES string of the molecule is Cc1cc(CNC(C)(C)C)cc(N(C)Cc2ccsc2)n1. The van der Waals surface area contributed by atoms with Crippen LogP contribution in [0.2, 0.25) is 0 Å². The molecule has 1 N–H and O–H groups in total. The average Bonchev–Trinajstić information content (AvgIpc) is 2.88. The van der Waals surface area contributed by atoms with Crippen LogP contribution in [0.1, 0.15) is 37.6 Å². The number of hydrogen-bond acceptors (Lipinski definition) is 4. The van der Waals surface area contributed by atoms with Crippen molar-refractivity contribution in [2.24, 2.45) is 0 Å². The molecule has 0 saturated carbocycles. The Bertz CT molecular complexity index is 570. The molecule has 0 atom stereocenters. The van der Waals surface area contributed by atoms with E-state index in [0.717, 1.165) is 24.6 Å². The van der Waals surface area contributed by atoms with E-state index in [1.807, 2.05) is 0 Å². The molecule has 0 fully saturated rings. The van der Waals surface area contributed by atoms with Crippen molar-refractivity contribution in [2.45, 2.75) is 46.3 Å². The number of thiophene rings is 1. The second-order valence-electron chi connectivity index (χ2n) is 6.57. The molecule has 2 aromatic heterocycles. The van der Waals surface area contributed by atoms with Gasteiger partial charge in [-0.25, -0.2) is 4.98 Å². The van der Waals surface area contributed by atoms with Crippen LogP contribution in [0.5, 0.6) is 0 Å². The monoisotopic (exact) mass is 303 g/mol. The van der Waals surface area contributed by atoms with Gasteiger partial charge in [0.15, 0.2) is 0 Å². The molecule has 0 bridgehead atoms. The van der Waals surface area contributed by atoms with Gasteiger partial charge >= 0.3 is 0 Å². The minimum Gasteiger partial charge on any atom is -0.355 e. The Hall–Kier alpha value is -1.39. The molecule has 2 heterocycles. The van der Waals surface area contributed by atoms with Crippen molar-refractivity contribution in [2.75, 3.05) is 11.9 Å². The Labute approximate surface area is 132 Å². The number of nitrogens with zero attached hydrogens (tertiary/aromatic N) is 2. The zero-order chi connectivity index (χ0) is 15.5. The van der Waals surface area contributed by atoms with Crippen molar-refractivity contribution in [3.8, 4) is 0 Å². The lowest BCUT2D eigenvalue weighted by Gasteiger charge is -2.22. The molecule has 0 amide bonds. The Kier molecular flexibility index (Phi) is 5.01. The second-order valence-corrected chi connectivity index (χ2v) is 7.35. The molecule has 0 aromatic carbocycles. The summed E-state index contributed by atoms with van der Waals surface area (Å²) in [5.41, 5.74) is 3.81. The molecule has 3 nitrogen and oxygen atoms in total. The summed E-state index contributed by atoms with van der Waals surface area (Å²) in [7, 11) is 2.10. The number of aryl methyl sites for hydroxylation is 1. The quantitative estimate of drug-likeness (QED) is 0.905. The van der Waals surface area contributed by atoms with E-state index in [4.69, 9.17) is 0 Å². The molecule has 0 radical (unpaired) electrons. The summed E-state index contributed by atoms with van der Waals surface area (Å²) in [5.74, 6) is 1.03. The predicted molar refractivity (Wildman–Crippen MR) is 92.0 cm³/mol. The van der Waals surface area contributed by atoms with Gasteiger partial charge in [0.2, 0.25) is 0 Å². The van der Waals surface area contributed by atoms with Crippen LogP contribution in [-0.2, 0) is 13.1 Å². The van der Waals surface area contributed by atoms with Crippen molar-refractivity contribution < 1.29 is 0 Å². The van der Waals surface area contributed by atoms with E-state index in [2.05, 4.69) is 78.9 Å². The Morgan fingerprint density at radius 2 is 2.00 bits per heavy atom. The van der Waals surface area contributed by atoms with E-state index in [-0.39, 0.29) is 5.54 Å². The lowest BCUT2D eigenvalue weighted by atomic mass is 10.1. The van der Waals surface area contributed by atoms with Crippen LogP contribution in [0, 0.1) is 6.92 Å². The van der Waals surface area contributed by atoms with Crippen molar-refractivity contribution in [1.82, 2.24) is 10.3 Å². The maximum atomic E-state index is 4.66. The lowest BCUT2D eigenvalue weighted by molar-refractivity contribution is 0.424. The molecule has 21 heavy (non-hydrogen) atoms. The van der Waals surface area contributed by atoms with Gasteiger partial charge < -0.3 is 10.2 Å². The van der Waals surface area contributed by atoms with Crippen LogP contribution in [0.4, 0.5) is 5.82 Å². The van der Waals surface area contributed by atoms with E-state index >= 15 is 0 Å². The van der Waals surface area contributed by atoms with E-state index < -0.39 is 0 Å². The van der Waals surface area contributed by atoms with Crippen molar-refractivity contribution in [1.29, 1.82) is 0 Å². The summed E-state index contributed by atoms with van der Waals surface area (Å²) in [5, 5.41) is 7.84. The summed E-state index contributed by atoms with van der Waals surface area (Å²) < 4.78 is 0. The van der Waals surface area contributed by atoms with Gasteiger partial charge in [0.25, 0.3) is 0 Å². The Balaban J connectivity index is 2.10. The first kappa shape index (κ1) is 16.0. The highest BCUT2D eigenvalue weighted by Crippen LogP contribution is 2.18. The molecule has 114 valence electrons. The molecule has 0 aliphatic rings. The third-order valence-corrected chi connectivity index (χ3v) is 3.95. The normalized spacial score (nSPS) is 11.7. The van der Waals surface area contributed by atoms with Crippen LogP contribution in [0.3, 0.4) is 0 Å². The zero-order valence-corrected chi connectivity index (χ0v) is 14.4. The smallest absolute Gasteiger partial charge is 0.129 e. The van der Waals surface area contributed by atoms with Gasteiger partial charge in [-0.15, -0.1) is 0 Å². The van der Waals surface area contributed by atoms with Crippen LogP contribution < -0.4 is 10.2 Å². The van der Waals surface area contributed by atoms with Gasteiger partial charge in [-0.05, 0) is 67.8 Å². The first-order chi connectivity index (χ1) is 9.83. The molecule has 0 aliphatic heterocycles. The van der Waals surface area contributed by atoms with Crippen LogP contribution >= 0.6 is 11.3 Å². The number of pyridine rings is 1. The number of nitrogens with one attached hydrogen (secondary N) is 1. The number of hydrogen-bond donors (Lipinski definition) is 1. The van der Waals surface area contributed by atoms with Gasteiger partial charge in [-0.2, -0.15) is 11.3 Å². The molecule has 0 saturated heterocycles. The number of aromatic nitrogens is 1. The number of rotatable bonds is 5. The molecule has 0 aliphatic carbocycles. The van der Waals surface area contributed by atoms with Crippen LogP contribution in [0.15, 0.2) is 29.0 Å². The first-order valence-electron chi connectivity index (χ1n) is 7.28. The highest BCUT2D eigenvalue weighted by molar-refractivity contribution is 7.07. The molecular weight excluding hydrogens is 278 g/mol. The number of anilines is 1. The second kappa shape index (κ2) is 6.58. The summed E-state index contributed by atoms with van der Waals surface area (Å²) in [6, 6.07) is 6.50.